The second-order valence-corrected chi connectivity index (χ2v) is 8.15. The summed E-state index contributed by atoms with van der Waals surface area (Å²) in [4.78, 5) is 33.0. The van der Waals surface area contributed by atoms with Crippen molar-refractivity contribution in [3.05, 3.63) is 80.0 Å². The summed E-state index contributed by atoms with van der Waals surface area (Å²) < 4.78 is 21.4. The Morgan fingerprint density at radius 3 is 2.61 bits per heavy atom. The number of aromatic nitrogens is 3. The maximum Gasteiger partial charge on any atom is 0.277 e. The van der Waals surface area contributed by atoms with Crippen LogP contribution in [0.25, 0.3) is 5.69 Å². The van der Waals surface area contributed by atoms with Crippen molar-refractivity contribution in [2.24, 2.45) is 0 Å². The molecule has 160 valence electrons. The van der Waals surface area contributed by atoms with Crippen molar-refractivity contribution in [2.75, 3.05) is 0 Å². The summed E-state index contributed by atoms with van der Waals surface area (Å²) in [5.41, 5.74) is 2.57. The smallest absolute Gasteiger partial charge is 0.277 e. The van der Waals surface area contributed by atoms with E-state index in [4.69, 9.17) is 16.3 Å². The number of nitrogens with zero attached hydrogens (tertiary/aromatic N) is 3. The monoisotopic (exact) mass is 441 g/mol. The Labute approximate surface area is 183 Å². The molecule has 0 saturated heterocycles. The van der Waals surface area contributed by atoms with Gasteiger partial charge in [0.05, 0.1) is 5.69 Å². The number of hydrogen-bond acceptors (Lipinski definition) is 5. The van der Waals surface area contributed by atoms with Gasteiger partial charge in [0.2, 0.25) is 0 Å². The van der Waals surface area contributed by atoms with Crippen LogP contribution in [0.3, 0.4) is 0 Å². The number of ketones is 1. The standard InChI is InChI=1S/C23H21ClFN3O3/c1-12-9-26-18(14(3)29)8-20(12)28-13(2)6-21(22(24)23(28)30)31-11-19-17(25)7-16(10-27-19)15-4-5-15/h6-10,15H,4-5,11H2,1-3H3. The van der Waals surface area contributed by atoms with Crippen molar-refractivity contribution in [3.8, 4) is 11.4 Å². The number of Topliss-reactive ketones (excluding diaryl/α,β-unsaturated/α-hetero) is 1. The van der Waals surface area contributed by atoms with Gasteiger partial charge < -0.3 is 4.74 Å². The molecule has 0 unspecified atom stereocenters. The Hall–Kier alpha value is -3.06. The van der Waals surface area contributed by atoms with Crippen molar-refractivity contribution in [1.82, 2.24) is 14.5 Å². The number of rotatable bonds is 6. The minimum absolute atomic E-state index is 0.138. The fourth-order valence-electron chi connectivity index (χ4n) is 3.41. The second kappa shape index (κ2) is 8.23. The quantitative estimate of drug-likeness (QED) is 0.518. The van der Waals surface area contributed by atoms with Gasteiger partial charge in [0.25, 0.3) is 5.56 Å². The van der Waals surface area contributed by atoms with Crippen LogP contribution in [0.5, 0.6) is 5.75 Å². The van der Waals surface area contributed by atoms with Gasteiger partial charge in [-0.05, 0) is 55.9 Å². The van der Waals surface area contributed by atoms with Crippen LogP contribution in [0.15, 0.2) is 35.4 Å². The summed E-state index contributed by atoms with van der Waals surface area (Å²) in [7, 11) is 0. The molecular formula is C23H21ClFN3O3. The SMILES string of the molecule is CC(=O)c1cc(-n2c(C)cc(OCc3ncc(C4CC4)cc3F)c(Cl)c2=O)c(C)cn1. The third kappa shape index (κ3) is 4.23. The maximum absolute atomic E-state index is 14.4. The van der Waals surface area contributed by atoms with Gasteiger partial charge in [0.1, 0.15) is 34.6 Å². The topological polar surface area (TPSA) is 74.1 Å². The number of carbonyl (C=O) groups is 1. The van der Waals surface area contributed by atoms with Crippen molar-refractivity contribution in [2.45, 2.75) is 46.1 Å². The van der Waals surface area contributed by atoms with E-state index in [1.54, 1.807) is 32.2 Å². The Morgan fingerprint density at radius 1 is 1.23 bits per heavy atom. The Morgan fingerprint density at radius 2 is 1.97 bits per heavy atom. The van der Waals surface area contributed by atoms with Crippen LogP contribution >= 0.6 is 11.6 Å². The Balaban J connectivity index is 1.64. The first-order valence-electron chi connectivity index (χ1n) is 9.93. The van der Waals surface area contributed by atoms with E-state index in [-0.39, 0.29) is 34.6 Å². The van der Waals surface area contributed by atoms with E-state index in [2.05, 4.69) is 9.97 Å². The second-order valence-electron chi connectivity index (χ2n) is 7.78. The highest BCUT2D eigenvalue weighted by Gasteiger charge is 2.25. The van der Waals surface area contributed by atoms with Gasteiger partial charge in [-0.3, -0.25) is 24.1 Å². The third-order valence-corrected chi connectivity index (χ3v) is 5.68. The molecule has 1 saturated carbocycles. The summed E-state index contributed by atoms with van der Waals surface area (Å²) in [6.07, 6.45) is 5.33. The first-order valence-corrected chi connectivity index (χ1v) is 10.3. The Kier molecular flexibility index (Phi) is 5.62. The number of pyridine rings is 3. The van der Waals surface area contributed by atoms with E-state index in [1.807, 2.05) is 0 Å². The number of carbonyl (C=O) groups excluding carboxylic acids is 1. The van der Waals surface area contributed by atoms with Crippen LogP contribution in [0, 0.1) is 19.7 Å². The molecule has 0 bridgehead atoms. The van der Waals surface area contributed by atoms with E-state index >= 15 is 0 Å². The molecule has 31 heavy (non-hydrogen) atoms. The Bertz CT molecular complexity index is 1250. The predicted octanol–water partition coefficient (Wildman–Crippen LogP) is 4.70. The summed E-state index contributed by atoms with van der Waals surface area (Å²) >= 11 is 6.30. The van der Waals surface area contributed by atoms with Crippen LogP contribution in [0.4, 0.5) is 4.39 Å². The van der Waals surface area contributed by atoms with Crippen LogP contribution < -0.4 is 10.3 Å². The van der Waals surface area contributed by atoms with E-state index in [9.17, 15) is 14.0 Å². The molecule has 3 aromatic rings. The van der Waals surface area contributed by atoms with Crippen molar-refractivity contribution < 1.29 is 13.9 Å². The molecule has 0 amide bonds. The first kappa shape index (κ1) is 21.2. The zero-order valence-electron chi connectivity index (χ0n) is 17.4. The fourth-order valence-corrected chi connectivity index (χ4v) is 3.60. The lowest BCUT2D eigenvalue weighted by Gasteiger charge is -2.16. The van der Waals surface area contributed by atoms with Gasteiger partial charge in [0.15, 0.2) is 5.78 Å². The zero-order chi connectivity index (χ0) is 22.3. The fraction of sp³-hybridized carbons (Fsp3) is 0.304. The predicted molar refractivity (Wildman–Crippen MR) is 115 cm³/mol. The highest BCUT2D eigenvalue weighted by molar-refractivity contribution is 6.31. The zero-order valence-corrected chi connectivity index (χ0v) is 18.2. The van der Waals surface area contributed by atoms with Crippen LogP contribution in [-0.4, -0.2) is 20.3 Å². The average molecular weight is 442 g/mol. The number of aryl methyl sites for hydroxylation is 2. The molecule has 4 rings (SSSR count). The van der Waals surface area contributed by atoms with Crippen molar-refractivity contribution >= 4 is 17.4 Å². The average Bonchev–Trinajstić information content (AvgIpc) is 3.57. The molecule has 3 heterocycles. The largest absolute Gasteiger partial charge is 0.485 e. The highest BCUT2D eigenvalue weighted by atomic mass is 35.5. The van der Waals surface area contributed by atoms with Gasteiger partial charge in [-0.25, -0.2) is 4.39 Å². The minimum atomic E-state index is -0.502. The molecule has 0 aromatic carbocycles. The van der Waals surface area contributed by atoms with Crippen LogP contribution in [0.2, 0.25) is 5.02 Å². The lowest BCUT2D eigenvalue weighted by molar-refractivity contribution is 0.101. The lowest BCUT2D eigenvalue weighted by atomic mass is 10.1. The molecule has 1 aliphatic carbocycles. The molecule has 0 aliphatic heterocycles. The molecule has 0 atom stereocenters. The van der Waals surface area contributed by atoms with Gasteiger partial charge in [-0.15, -0.1) is 0 Å². The summed E-state index contributed by atoms with van der Waals surface area (Å²) in [5, 5.41) is -0.138. The highest BCUT2D eigenvalue weighted by Crippen LogP contribution is 2.40. The molecule has 6 nitrogen and oxygen atoms in total. The normalized spacial score (nSPS) is 13.3. The minimum Gasteiger partial charge on any atom is -0.485 e. The molecule has 0 spiro atoms. The summed E-state index contributed by atoms with van der Waals surface area (Å²) in [6.45, 7) is 4.77. The maximum atomic E-state index is 14.4. The van der Waals surface area contributed by atoms with Crippen LogP contribution in [0.1, 0.15) is 58.7 Å². The number of ether oxygens (including phenoxy) is 1. The lowest BCUT2D eigenvalue weighted by Crippen LogP contribution is -2.23. The van der Waals surface area contributed by atoms with Gasteiger partial charge in [-0.2, -0.15) is 0 Å². The van der Waals surface area contributed by atoms with E-state index in [1.165, 1.54) is 23.8 Å². The van der Waals surface area contributed by atoms with E-state index < -0.39 is 11.4 Å². The van der Waals surface area contributed by atoms with Gasteiger partial charge >= 0.3 is 0 Å². The van der Waals surface area contributed by atoms with Crippen molar-refractivity contribution in [1.29, 1.82) is 0 Å². The molecule has 1 fully saturated rings. The first-order chi connectivity index (χ1) is 14.8. The molecular weight excluding hydrogens is 421 g/mol. The summed E-state index contributed by atoms with van der Waals surface area (Å²) in [6, 6.07) is 4.66. The van der Waals surface area contributed by atoms with Crippen LogP contribution in [-0.2, 0) is 6.61 Å². The van der Waals surface area contributed by atoms with E-state index in [0.29, 0.717) is 22.9 Å². The summed E-state index contributed by atoms with van der Waals surface area (Å²) in [5.74, 6) is -0.0943. The molecule has 0 N–H and O–H groups in total. The van der Waals surface area contributed by atoms with Crippen molar-refractivity contribution in [3.63, 3.8) is 0 Å². The van der Waals surface area contributed by atoms with Gasteiger partial charge in [-0.1, -0.05) is 11.6 Å². The third-order valence-electron chi connectivity index (χ3n) is 5.33. The molecule has 3 aromatic heterocycles. The van der Waals surface area contributed by atoms with E-state index in [0.717, 1.165) is 18.4 Å². The molecule has 1 aliphatic rings. The van der Waals surface area contributed by atoms with Gasteiger partial charge in [0, 0.05) is 31.1 Å². The number of hydrogen-bond donors (Lipinski definition) is 0. The molecule has 0 radical (unpaired) electrons. The number of halogens is 2. The molecule has 8 heteroatoms.